The van der Waals surface area contributed by atoms with Crippen LogP contribution in [0.25, 0.3) is 10.9 Å². The van der Waals surface area contributed by atoms with Gasteiger partial charge in [-0.1, -0.05) is 0 Å². The van der Waals surface area contributed by atoms with Gasteiger partial charge in [-0.15, -0.1) is 0 Å². The Morgan fingerprint density at radius 2 is 2.00 bits per heavy atom. The van der Waals surface area contributed by atoms with Gasteiger partial charge in [0.15, 0.2) is 21.3 Å². The quantitative estimate of drug-likeness (QED) is 0.838. The monoisotopic (exact) mass is 392 g/mol. The van der Waals surface area contributed by atoms with Crippen molar-refractivity contribution in [1.82, 2.24) is 9.88 Å². The molecule has 1 amide bonds. The molecule has 4 rings (SSSR count). The van der Waals surface area contributed by atoms with Gasteiger partial charge in [-0.25, -0.2) is 8.42 Å². The molecule has 0 radical (unpaired) electrons. The molecule has 2 aliphatic rings. The molecule has 1 fully saturated rings. The predicted octanol–water partition coefficient (Wildman–Crippen LogP) is 1.06. The third kappa shape index (κ3) is 3.05. The van der Waals surface area contributed by atoms with Crippen molar-refractivity contribution in [2.45, 2.75) is 32.4 Å². The van der Waals surface area contributed by atoms with E-state index >= 15 is 0 Å². The van der Waals surface area contributed by atoms with Crippen LogP contribution in [0.15, 0.2) is 23.1 Å². The lowest BCUT2D eigenvalue weighted by Crippen LogP contribution is -2.48. The van der Waals surface area contributed by atoms with Crippen LogP contribution in [0.5, 0.6) is 11.5 Å². The number of sulfone groups is 1. The summed E-state index contributed by atoms with van der Waals surface area (Å²) in [6, 6.07) is 3.32. The number of benzene rings is 1. The van der Waals surface area contributed by atoms with Gasteiger partial charge in [-0.05, 0) is 26.3 Å². The van der Waals surface area contributed by atoms with Crippen LogP contribution in [0.4, 0.5) is 0 Å². The van der Waals surface area contributed by atoms with Crippen LogP contribution in [0, 0.1) is 0 Å². The van der Waals surface area contributed by atoms with Gasteiger partial charge in [0, 0.05) is 18.8 Å². The maximum absolute atomic E-state index is 13.0. The molecule has 1 saturated heterocycles. The Bertz CT molecular complexity index is 1120. The first-order chi connectivity index (χ1) is 12.7. The summed E-state index contributed by atoms with van der Waals surface area (Å²) in [5.74, 6) is 0.365. The van der Waals surface area contributed by atoms with E-state index in [0.717, 1.165) is 0 Å². The fourth-order valence-electron chi connectivity index (χ4n) is 3.65. The Hall–Kier alpha value is -2.55. The van der Waals surface area contributed by atoms with Crippen molar-refractivity contribution in [2.75, 3.05) is 18.3 Å². The zero-order valence-electron chi connectivity index (χ0n) is 15.1. The van der Waals surface area contributed by atoms with Gasteiger partial charge in [0.2, 0.25) is 12.2 Å². The summed E-state index contributed by atoms with van der Waals surface area (Å²) in [4.78, 5) is 25.8. The molecule has 8 nitrogen and oxygen atoms in total. The SMILES string of the molecule is CCn1cc(C(=O)N[C@@]2(C)CCS(=O)(=O)C2)c(=O)c2cc3c(cc21)OCO3. The lowest BCUT2D eigenvalue weighted by molar-refractivity contribution is 0.0913. The van der Waals surface area contributed by atoms with E-state index in [1.165, 1.54) is 6.20 Å². The first-order valence-electron chi connectivity index (χ1n) is 8.71. The minimum absolute atomic E-state index is 0.0197. The number of nitrogens with one attached hydrogen (secondary N) is 1. The summed E-state index contributed by atoms with van der Waals surface area (Å²) >= 11 is 0. The maximum atomic E-state index is 13.0. The predicted molar refractivity (Wildman–Crippen MR) is 99.1 cm³/mol. The van der Waals surface area contributed by atoms with E-state index in [9.17, 15) is 18.0 Å². The van der Waals surface area contributed by atoms with Crippen molar-refractivity contribution < 1.29 is 22.7 Å². The second-order valence-electron chi connectivity index (χ2n) is 7.24. The molecule has 27 heavy (non-hydrogen) atoms. The van der Waals surface area contributed by atoms with E-state index in [2.05, 4.69) is 5.32 Å². The van der Waals surface area contributed by atoms with Crippen LogP contribution >= 0.6 is 0 Å². The first kappa shape index (κ1) is 17.8. The highest BCUT2D eigenvalue weighted by Crippen LogP contribution is 2.35. The number of aromatic nitrogens is 1. The minimum Gasteiger partial charge on any atom is -0.454 e. The van der Waals surface area contributed by atoms with E-state index in [0.29, 0.717) is 35.4 Å². The molecular formula is C18H20N2O6S. The summed E-state index contributed by atoms with van der Waals surface area (Å²) in [5, 5.41) is 3.11. The molecule has 1 aromatic heterocycles. The molecule has 0 spiro atoms. The number of rotatable bonds is 3. The van der Waals surface area contributed by atoms with Crippen LogP contribution in [0.3, 0.4) is 0 Å². The number of hydrogen-bond acceptors (Lipinski definition) is 6. The average molecular weight is 392 g/mol. The van der Waals surface area contributed by atoms with Gasteiger partial charge >= 0.3 is 0 Å². The highest BCUT2D eigenvalue weighted by Gasteiger charge is 2.40. The lowest BCUT2D eigenvalue weighted by atomic mass is 10.0. The Balaban J connectivity index is 1.78. The number of amides is 1. The normalized spacial score (nSPS) is 22.9. The fourth-order valence-corrected chi connectivity index (χ4v) is 5.75. The van der Waals surface area contributed by atoms with Crippen LogP contribution in [0.1, 0.15) is 30.6 Å². The van der Waals surface area contributed by atoms with Crippen molar-refractivity contribution >= 4 is 26.6 Å². The van der Waals surface area contributed by atoms with Gasteiger partial charge < -0.3 is 19.4 Å². The summed E-state index contributed by atoms with van der Waals surface area (Å²) < 4.78 is 36.1. The molecule has 3 heterocycles. The second kappa shape index (κ2) is 5.98. The Kier molecular flexibility index (Phi) is 3.95. The number of ether oxygens (including phenoxy) is 2. The van der Waals surface area contributed by atoms with Crippen molar-refractivity contribution in [1.29, 1.82) is 0 Å². The van der Waals surface area contributed by atoms with E-state index in [-0.39, 0.29) is 23.9 Å². The minimum atomic E-state index is -3.17. The molecular weight excluding hydrogens is 372 g/mol. The van der Waals surface area contributed by atoms with Crippen LogP contribution in [-0.2, 0) is 16.4 Å². The van der Waals surface area contributed by atoms with Crippen molar-refractivity contribution in [2.24, 2.45) is 0 Å². The molecule has 2 aromatic rings. The Morgan fingerprint density at radius 3 is 2.63 bits per heavy atom. The van der Waals surface area contributed by atoms with Gasteiger partial charge in [0.05, 0.1) is 27.9 Å². The Morgan fingerprint density at radius 1 is 1.30 bits per heavy atom. The second-order valence-corrected chi connectivity index (χ2v) is 9.42. The maximum Gasteiger partial charge on any atom is 0.257 e. The number of pyridine rings is 1. The van der Waals surface area contributed by atoms with Crippen LogP contribution < -0.4 is 20.2 Å². The van der Waals surface area contributed by atoms with E-state index in [1.807, 2.05) is 6.92 Å². The number of aryl methyl sites for hydroxylation is 1. The number of carbonyl (C=O) groups excluding carboxylic acids is 1. The van der Waals surface area contributed by atoms with Crippen LogP contribution in [-0.4, -0.2) is 42.7 Å². The lowest BCUT2D eigenvalue weighted by Gasteiger charge is -2.24. The van der Waals surface area contributed by atoms with Crippen molar-refractivity contribution in [3.8, 4) is 11.5 Å². The summed E-state index contributed by atoms with van der Waals surface area (Å²) in [7, 11) is -3.17. The average Bonchev–Trinajstić information content (AvgIpc) is 3.16. The van der Waals surface area contributed by atoms with Crippen molar-refractivity contribution in [3.63, 3.8) is 0 Å². The third-order valence-electron chi connectivity index (χ3n) is 5.08. The van der Waals surface area contributed by atoms with Crippen LogP contribution in [0.2, 0.25) is 0 Å². The van der Waals surface area contributed by atoms with E-state index in [1.54, 1.807) is 23.6 Å². The number of carbonyl (C=O) groups is 1. The highest BCUT2D eigenvalue weighted by atomic mass is 32.2. The van der Waals surface area contributed by atoms with E-state index in [4.69, 9.17) is 9.47 Å². The molecule has 0 aliphatic carbocycles. The molecule has 144 valence electrons. The zero-order valence-corrected chi connectivity index (χ0v) is 15.9. The molecule has 1 N–H and O–H groups in total. The number of fused-ring (bicyclic) bond motifs is 2. The van der Waals surface area contributed by atoms with Gasteiger partial charge in [-0.3, -0.25) is 9.59 Å². The molecule has 1 atom stereocenters. The van der Waals surface area contributed by atoms with Gasteiger partial charge in [-0.2, -0.15) is 0 Å². The summed E-state index contributed by atoms with van der Waals surface area (Å²) in [6.45, 7) is 4.22. The highest BCUT2D eigenvalue weighted by molar-refractivity contribution is 7.91. The van der Waals surface area contributed by atoms with Gasteiger partial charge in [0.1, 0.15) is 5.56 Å². The molecule has 0 unspecified atom stereocenters. The third-order valence-corrected chi connectivity index (χ3v) is 6.98. The largest absolute Gasteiger partial charge is 0.454 e. The van der Waals surface area contributed by atoms with Gasteiger partial charge in [0.25, 0.3) is 5.91 Å². The Labute approximate surface area is 156 Å². The molecule has 9 heteroatoms. The number of nitrogens with zero attached hydrogens (tertiary/aromatic N) is 1. The molecule has 1 aromatic carbocycles. The smallest absolute Gasteiger partial charge is 0.257 e. The first-order valence-corrected chi connectivity index (χ1v) is 10.5. The standard InChI is InChI=1S/C18H20N2O6S/c1-3-20-8-12(17(22)19-18(2)4-5-27(23,24)9-18)16(21)11-6-14-15(7-13(11)20)26-10-25-14/h6-8H,3-5,9-10H2,1-2H3,(H,19,22)/t18-/m0/s1. The zero-order chi connectivity index (χ0) is 19.4. The number of hydrogen-bond donors (Lipinski definition) is 1. The fraction of sp³-hybridized carbons (Fsp3) is 0.444. The summed E-state index contributed by atoms with van der Waals surface area (Å²) in [5.41, 5.74) is -0.662. The molecule has 0 bridgehead atoms. The molecule has 0 saturated carbocycles. The molecule has 2 aliphatic heterocycles. The van der Waals surface area contributed by atoms with Crippen molar-refractivity contribution in [3.05, 3.63) is 34.1 Å². The topological polar surface area (TPSA) is 104 Å². The van der Waals surface area contributed by atoms with E-state index < -0.39 is 26.7 Å². The summed E-state index contributed by atoms with van der Waals surface area (Å²) in [6.07, 6.45) is 1.84.